The fraction of sp³-hybridized carbons (Fsp3) is 0.292. The maximum absolute atomic E-state index is 13.5. The van der Waals surface area contributed by atoms with Gasteiger partial charge >= 0.3 is 0 Å². The number of amides is 3. The van der Waals surface area contributed by atoms with E-state index in [0.29, 0.717) is 10.7 Å². The van der Waals surface area contributed by atoms with Crippen molar-refractivity contribution in [2.24, 2.45) is 0 Å². The molecule has 1 fully saturated rings. The molecule has 2 heterocycles. The van der Waals surface area contributed by atoms with Crippen LogP contribution in [0, 0.1) is 0 Å². The van der Waals surface area contributed by atoms with Crippen LogP contribution in [-0.4, -0.2) is 30.3 Å². The number of hydrogen-bond acceptors (Lipinski definition) is 5. The van der Waals surface area contributed by atoms with Gasteiger partial charge in [0, 0.05) is 21.6 Å². The van der Waals surface area contributed by atoms with Crippen LogP contribution in [0.1, 0.15) is 47.2 Å². The van der Waals surface area contributed by atoms with Crippen LogP contribution >= 0.6 is 22.9 Å². The molecule has 1 aliphatic rings. The van der Waals surface area contributed by atoms with E-state index in [4.69, 9.17) is 16.0 Å². The van der Waals surface area contributed by atoms with Gasteiger partial charge in [0.05, 0.1) is 12.8 Å². The van der Waals surface area contributed by atoms with Gasteiger partial charge in [-0.2, -0.15) is 0 Å². The highest BCUT2D eigenvalue weighted by Crippen LogP contribution is 2.32. The summed E-state index contributed by atoms with van der Waals surface area (Å²) in [5.41, 5.74) is 0.511. The standard InChI is InChI=1S/C24H24ClN3O4S/c25-16-9-11-18(12-10-16)28(21(29)15-26-23(30)19-7-3-13-32-19)22(20-8-4-14-33-20)24(31)27-17-5-1-2-6-17/h3-4,7-14,17,22H,1-2,5-6,15H2,(H,26,30)(H,27,31)/t22-/m0/s1. The number of nitrogens with one attached hydrogen (secondary N) is 2. The molecule has 1 saturated carbocycles. The molecule has 2 N–H and O–H groups in total. The number of hydrogen-bond donors (Lipinski definition) is 2. The minimum Gasteiger partial charge on any atom is -0.459 e. The number of carbonyl (C=O) groups excluding carboxylic acids is 3. The topological polar surface area (TPSA) is 91.7 Å². The quantitative estimate of drug-likeness (QED) is 0.489. The molecule has 9 heteroatoms. The summed E-state index contributed by atoms with van der Waals surface area (Å²) in [6, 6.07) is 12.7. The van der Waals surface area contributed by atoms with Crippen molar-refractivity contribution in [1.29, 1.82) is 0 Å². The highest BCUT2D eigenvalue weighted by molar-refractivity contribution is 7.10. The molecule has 0 spiro atoms. The highest BCUT2D eigenvalue weighted by atomic mass is 35.5. The molecule has 3 aromatic rings. The number of nitrogens with zero attached hydrogens (tertiary/aromatic N) is 1. The van der Waals surface area contributed by atoms with Gasteiger partial charge in [-0.15, -0.1) is 11.3 Å². The Labute approximate surface area is 200 Å². The zero-order valence-electron chi connectivity index (χ0n) is 17.8. The number of furan rings is 1. The Bertz CT molecular complexity index is 1080. The maximum atomic E-state index is 13.5. The Kier molecular flexibility index (Phi) is 7.47. The van der Waals surface area contributed by atoms with Crippen molar-refractivity contribution in [3.05, 3.63) is 75.8 Å². The number of carbonyl (C=O) groups is 3. The molecule has 3 amide bonds. The minimum atomic E-state index is -0.875. The first-order valence-electron chi connectivity index (χ1n) is 10.8. The van der Waals surface area contributed by atoms with Gasteiger partial charge in [-0.25, -0.2) is 0 Å². The Morgan fingerprint density at radius 3 is 2.48 bits per heavy atom. The lowest BCUT2D eigenvalue weighted by atomic mass is 10.1. The van der Waals surface area contributed by atoms with Crippen LogP contribution in [0.4, 0.5) is 5.69 Å². The first-order chi connectivity index (χ1) is 16.0. The van der Waals surface area contributed by atoms with Gasteiger partial charge < -0.3 is 15.1 Å². The fourth-order valence-corrected chi connectivity index (χ4v) is 4.88. The van der Waals surface area contributed by atoms with Crippen molar-refractivity contribution in [3.8, 4) is 0 Å². The van der Waals surface area contributed by atoms with Crippen molar-refractivity contribution < 1.29 is 18.8 Å². The molecule has 33 heavy (non-hydrogen) atoms. The number of anilines is 1. The lowest BCUT2D eigenvalue weighted by molar-refractivity contribution is -0.126. The van der Waals surface area contributed by atoms with E-state index in [1.807, 2.05) is 17.5 Å². The van der Waals surface area contributed by atoms with Gasteiger partial charge in [0.25, 0.3) is 5.91 Å². The lowest BCUT2D eigenvalue weighted by Crippen LogP contribution is -2.48. The van der Waals surface area contributed by atoms with E-state index in [9.17, 15) is 14.4 Å². The molecule has 7 nitrogen and oxygen atoms in total. The van der Waals surface area contributed by atoms with Crippen molar-refractivity contribution in [2.45, 2.75) is 37.8 Å². The van der Waals surface area contributed by atoms with E-state index in [2.05, 4.69) is 10.6 Å². The van der Waals surface area contributed by atoms with Crippen LogP contribution in [0.5, 0.6) is 0 Å². The van der Waals surface area contributed by atoms with Gasteiger partial charge in [-0.3, -0.25) is 19.3 Å². The second kappa shape index (κ2) is 10.7. The first kappa shape index (κ1) is 23.1. The van der Waals surface area contributed by atoms with E-state index in [-0.39, 0.29) is 24.3 Å². The van der Waals surface area contributed by atoms with Crippen LogP contribution in [0.2, 0.25) is 5.02 Å². The second-order valence-corrected chi connectivity index (χ2v) is 9.22. The summed E-state index contributed by atoms with van der Waals surface area (Å²) in [4.78, 5) is 41.4. The zero-order valence-corrected chi connectivity index (χ0v) is 19.4. The third kappa shape index (κ3) is 5.64. The summed E-state index contributed by atoms with van der Waals surface area (Å²) < 4.78 is 5.09. The molecular weight excluding hydrogens is 462 g/mol. The molecule has 0 unspecified atom stereocenters. The summed E-state index contributed by atoms with van der Waals surface area (Å²) >= 11 is 7.46. The highest BCUT2D eigenvalue weighted by Gasteiger charge is 2.35. The van der Waals surface area contributed by atoms with E-state index in [1.54, 1.807) is 30.3 Å². The second-order valence-electron chi connectivity index (χ2n) is 7.81. The molecule has 0 bridgehead atoms. The van der Waals surface area contributed by atoms with E-state index < -0.39 is 17.9 Å². The summed E-state index contributed by atoms with van der Waals surface area (Å²) in [6.07, 6.45) is 5.39. The molecule has 0 radical (unpaired) electrons. The zero-order chi connectivity index (χ0) is 23.2. The summed E-state index contributed by atoms with van der Waals surface area (Å²) in [5, 5.41) is 8.08. The summed E-state index contributed by atoms with van der Waals surface area (Å²) in [5.74, 6) is -1.08. The SMILES string of the molecule is O=C(NCC(=O)N(c1ccc(Cl)cc1)[C@H](C(=O)NC1CCCC1)c1cccs1)c1ccco1. The molecule has 1 atom stereocenters. The number of thiophene rings is 1. The van der Waals surface area contributed by atoms with Crippen LogP contribution in [0.3, 0.4) is 0 Å². The molecule has 0 aliphatic heterocycles. The summed E-state index contributed by atoms with van der Waals surface area (Å²) in [7, 11) is 0. The van der Waals surface area contributed by atoms with Crippen LogP contribution < -0.4 is 15.5 Å². The Morgan fingerprint density at radius 2 is 1.85 bits per heavy atom. The molecule has 1 aliphatic carbocycles. The summed E-state index contributed by atoms with van der Waals surface area (Å²) in [6.45, 7) is -0.305. The maximum Gasteiger partial charge on any atom is 0.287 e. The van der Waals surface area contributed by atoms with E-state index in [0.717, 1.165) is 30.6 Å². The van der Waals surface area contributed by atoms with Crippen molar-refractivity contribution in [2.75, 3.05) is 11.4 Å². The molecule has 0 saturated heterocycles. The minimum absolute atomic E-state index is 0.0980. The van der Waals surface area contributed by atoms with E-state index in [1.165, 1.54) is 28.6 Å². The van der Waals surface area contributed by atoms with Gasteiger partial charge in [0.1, 0.15) is 6.04 Å². The largest absolute Gasteiger partial charge is 0.459 e. The van der Waals surface area contributed by atoms with Crippen molar-refractivity contribution >= 4 is 46.3 Å². The molecule has 172 valence electrons. The molecule has 2 aromatic heterocycles. The average molecular weight is 486 g/mol. The van der Waals surface area contributed by atoms with Gasteiger partial charge in [0.2, 0.25) is 11.8 Å². The third-order valence-electron chi connectivity index (χ3n) is 5.54. The Morgan fingerprint density at radius 1 is 1.09 bits per heavy atom. The number of rotatable bonds is 8. The predicted octanol–water partition coefficient (Wildman–Crippen LogP) is 4.56. The molecule has 4 rings (SSSR count). The van der Waals surface area contributed by atoms with Crippen LogP contribution in [0.25, 0.3) is 0 Å². The van der Waals surface area contributed by atoms with Gasteiger partial charge in [0.15, 0.2) is 5.76 Å². The van der Waals surface area contributed by atoms with Gasteiger partial charge in [-0.1, -0.05) is 30.5 Å². The predicted molar refractivity (Wildman–Crippen MR) is 127 cm³/mol. The van der Waals surface area contributed by atoms with Crippen molar-refractivity contribution in [3.63, 3.8) is 0 Å². The first-order valence-corrected chi connectivity index (χ1v) is 12.0. The number of benzene rings is 1. The van der Waals surface area contributed by atoms with E-state index >= 15 is 0 Å². The number of halogens is 1. The Hall–Kier alpha value is -3.10. The average Bonchev–Trinajstić information content (AvgIpc) is 3.60. The smallest absolute Gasteiger partial charge is 0.287 e. The van der Waals surface area contributed by atoms with Crippen molar-refractivity contribution in [1.82, 2.24) is 10.6 Å². The monoisotopic (exact) mass is 485 g/mol. The van der Waals surface area contributed by atoms with Crippen LogP contribution in [0.15, 0.2) is 64.6 Å². The van der Waals surface area contributed by atoms with Crippen LogP contribution in [-0.2, 0) is 9.59 Å². The van der Waals surface area contributed by atoms with Gasteiger partial charge in [-0.05, 0) is 60.7 Å². The normalized spacial score (nSPS) is 14.6. The lowest BCUT2D eigenvalue weighted by Gasteiger charge is -2.31. The molecule has 1 aromatic carbocycles. The Balaban J connectivity index is 1.63. The fourth-order valence-electron chi connectivity index (χ4n) is 3.95. The molecular formula is C24H24ClN3O4S. The third-order valence-corrected chi connectivity index (χ3v) is 6.72.